The van der Waals surface area contributed by atoms with Gasteiger partial charge in [0, 0.05) is 6.54 Å². The molecule has 0 aromatic carbocycles. The Morgan fingerprint density at radius 3 is 2.58 bits per heavy atom. The molecule has 1 amide bonds. The highest BCUT2D eigenvalue weighted by atomic mass is 35.5. The molecule has 2 rings (SSSR count). The van der Waals surface area contributed by atoms with Crippen molar-refractivity contribution >= 4 is 18.5 Å². The summed E-state index contributed by atoms with van der Waals surface area (Å²) in [5.74, 6) is 2.25. The number of amides is 1. The van der Waals surface area contributed by atoms with E-state index in [0.717, 1.165) is 37.9 Å². The minimum Gasteiger partial charge on any atom is -0.444 e. The maximum Gasteiger partial charge on any atom is 0.407 e. The molecule has 0 radical (unpaired) electrons. The van der Waals surface area contributed by atoms with Crippen molar-refractivity contribution in [3.05, 3.63) is 0 Å². The Morgan fingerprint density at radius 1 is 1.32 bits per heavy atom. The Morgan fingerprint density at radius 2 is 2.00 bits per heavy atom. The van der Waals surface area contributed by atoms with Gasteiger partial charge in [0.15, 0.2) is 0 Å². The fourth-order valence-corrected chi connectivity index (χ4v) is 2.79. The van der Waals surface area contributed by atoms with Crippen molar-refractivity contribution in [1.29, 1.82) is 0 Å². The Kier molecular flexibility index (Phi) is 5.93. The van der Waals surface area contributed by atoms with E-state index < -0.39 is 5.60 Å². The van der Waals surface area contributed by atoms with Crippen LogP contribution in [0.15, 0.2) is 0 Å². The van der Waals surface area contributed by atoms with E-state index in [1.54, 1.807) is 0 Å². The van der Waals surface area contributed by atoms with Gasteiger partial charge >= 0.3 is 6.09 Å². The van der Waals surface area contributed by atoms with Gasteiger partial charge in [-0.25, -0.2) is 4.79 Å². The molecule has 0 aromatic rings. The van der Waals surface area contributed by atoms with E-state index >= 15 is 0 Å². The van der Waals surface area contributed by atoms with Crippen molar-refractivity contribution in [2.45, 2.75) is 45.6 Å². The molecule has 1 heterocycles. The van der Waals surface area contributed by atoms with Crippen LogP contribution in [0.5, 0.6) is 0 Å². The summed E-state index contributed by atoms with van der Waals surface area (Å²) in [4.78, 5) is 11.6. The van der Waals surface area contributed by atoms with Crippen molar-refractivity contribution in [2.24, 2.45) is 17.8 Å². The van der Waals surface area contributed by atoms with Crippen molar-refractivity contribution in [3.8, 4) is 0 Å². The molecule has 2 fully saturated rings. The van der Waals surface area contributed by atoms with Gasteiger partial charge in [-0.3, -0.25) is 0 Å². The van der Waals surface area contributed by atoms with Crippen LogP contribution in [0, 0.1) is 17.8 Å². The first-order chi connectivity index (χ1) is 8.46. The molecule has 1 aliphatic carbocycles. The number of nitrogens with one attached hydrogen (secondary N) is 2. The van der Waals surface area contributed by atoms with Crippen LogP contribution in [0.1, 0.15) is 40.0 Å². The Labute approximate surface area is 122 Å². The fourth-order valence-electron chi connectivity index (χ4n) is 2.79. The average molecular weight is 291 g/mol. The maximum atomic E-state index is 11.6. The monoisotopic (exact) mass is 290 g/mol. The standard InChI is InChI=1S/C14H26N2O2.ClH/c1-14(2,3)18-13(17)16-8-11-6-7-15-9-12(11)10-4-5-10;/h10-12,15H,4-9H2,1-3H3,(H,16,17);1H/t11-,12+;/m0./s1. The lowest BCUT2D eigenvalue weighted by molar-refractivity contribution is 0.0505. The summed E-state index contributed by atoms with van der Waals surface area (Å²) in [5, 5.41) is 6.40. The van der Waals surface area contributed by atoms with Crippen LogP contribution in [0.2, 0.25) is 0 Å². The van der Waals surface area contributed by atoms with Crippen LogP contribution >= 0.6 is 12.4 Å². The minimum absolute atomic E-state index is 0. The normalized spacial score (nSPS) is 27.3. The second-order valence-corrected chi connectivity index (χ2v) is 6.64. The van der Waals surface area contributed by atoms with E-state index in [-0.39, 0.29) is 18.5 Å². The maximum absolute atomic E-state index is 11.6. The first kappa shape index (κ1) is 16.6. The average Bonchev–Trinajstić information content (AvgIpc) is 3.08. The summed E-state index contributed by atoms with van der Waals surface area (Å²) in [6.45, 7) is 8.63. The smallest absolute Gasteiger partial charge is 0.407 e. The van der Waals surface area contributed by atoms with Crippen molar-refractivity contribution in [1.82, 2.24) is 10.6 Å². The van der Waals surface area contributed by atoms with E-state index in [9.17, 15) is 4.79 Å². The van der Waals surface area contributed by atoms with Crippen molar-refractivity contribution in [3.63, 3.8) is 0 Å². The third kappa shape index (κ3) is 5.57. The van der Waals surface area contributed by atoms with Gasteiger partial charge in [-0.15, -0.1) is 12.4 Å². The van der Waals surface area contributed by atoms with Gasteiger partial charge in [0.05, 0.1) is 0 Å². The van der Waals surface area contributed by atoms with E-state index in [1.165, 1.54) is 12.8 Å². The summed E-state index contributed by atoms with van der Waals surface area (Å²) < 4.78 is 5.27. The predicted octanol–water partition coefficient (Wildman–Crippen LogP) is 2.57. The zero-order valence-corrected chi connectivity index (χ0v) is 13.0. The van der Waals surface area contributed by atoms with Gasteiger partial charge in [-0.05, 0) is 70.9 Å². The van der Waals surface area contributed by atoms with Crippen LogP contribution < -0.4 is 10.6 Å². The van der Waals surface area contributed by atoms with Crippen LogP contribution in [-0.2, 0) is 4.74 Å². The highest BCUT2D eigenvalue weighted by Gasteiger charge is 2.37. The van der Waals surface area contributed by atoms with Gasteiger partial charge < -0.3 is 15.4 Å². The SMILES string of the molecule is CC(C)(C)OC(=O)NC[C@@H]1CCNC[C@@H]1C1CC1.Cl. The van der Waals surface area contributed by atoms with E-state index in [2.05, 4.69) is 10.6 Å². The van der Waals surface area contributed by atoms with Gasteiger partial charge in [0.25, 0.3) is 0 Å². The summed E-state index contributed by atoms with van der Waals surface area (Å²) >= 11 is 0. The molecular weight excluding hydrogens is 264 g/mol. The van der Waals surface area contributed by atoms with Crippen LogP contribution in [0.3, 0.4) is 0 Å². The molecule has 1 aliphatic heterocycles. The number of rotatable bonds is 3. The Hall–Kier alpha value is -0.480. The quantitative estimate of drug-likeness (QED) is 0.840. The zero-order chi connectivity index (χ0) is 13.2. The third-order valence-corrected chi connectivity index (χ3v) is 3.81. The molecule has 5 heteroatoms. The molecule has 0 bridgehead atoms. The van der Waals surface area contributed by atoms with Gasteiger partial charge in [-0.2, -0.15) is 0 Å². The largest absolute Gasteiger partial charge is 0.444 e. The summed E-state index contributed by atoms with van der Waals surface area (Å²) in [5.41, 5.74) is -0.409. The lowest BCUT2D eigenvalue weighted by Gasteiger charge is -2.32. The van der Waals surface area contributed by atoms with Crippen molar-refractivity contribution in [2.75, 3.05) is 19.6 Å². The molecule has 1 saturated heterocycles. The molecule has 112 valence electrons. The van der Waals surface area contributed by atoms with Crippen LogP contribution in [-0.4, -0.2) is 31.3 Å². The molecule has 4 nitrogen and oxygen atoms in total. The highest BCUT2D eigenvalue weighted by molar-refractivity contribution is 5.85. The number of hydrogen-bond acceptors (Lipinski definition) is 3. The highest BCUT2D eigenvalue weighted by Crippen LogP contribution is 2.42. The molecular formula is C14H27ClN2O2. The molecule has 0 aromatic heterocycles. The molecule has 19 heavy (non-hydrogen) atoms. The molecule has 2 aliphatic rings. The van der Waals surface area contributed by atoms with Gasteiger partial charge in [0.1, 0.15) is 5.60 Å². The Bertz CT molecular complexity index is 300. The molecule has 0 unspecified atom stereocenters. The van der Waals surface area contributed by atoms with Crippen LogP contribution in [0.25, 0.3) is 0 Å². The van der Waals surface area contributed by atoms with Crippen molar-refractivity contribution < 1.29 is 9.53 Å². The summed E-state index contributed by atoms with van der Waals surface area (Å²) in [6.07, 6.45) is 3.62. The number of hydrogen-bond donors (Lipinski definition) is 2. The second-order valence-electron chi connectivity index (χ2n) is 6.64. The number of carbonyl (C=O) groups is 1. The van der Waals surface area contributed by atoms with Crippen LogP contribution in [0.4, 0.5) is 4.79 Å². The number of ether oxygens (including phenoxy) is 1. The number of piperidine rings is 1. The number of halogens is 1. The lowest BCUT2D eigenvalue weighted by Crippen LogP contribution is -2.44. The van der Waals surface area contributed by atoms with E-state index in [0.29, 0.717) is 5.92 Å². The fraction of sp³-hybridized carbons (Fsp3) is 0.929. The number of alkyl carbamates (subject to hydrolysis) is 1. The summed E-state index contributed by atoms with van der Waals surface area (Å²) in [7, 11) is 0. The molecule has 1 saturated carbocycles. The predicted molar refractivity (Wildman–Crippen MR) is 78.7 cm³/mol. The van der Waals surface area contributed by atoms with E-state index in [4.69, 9.17) is 4.74 Å². The topological polar surface area (TPSA) is 50.4 Å². The third-order valence-electron chi connectivity index (χ3n) is 3.81. The Balaban J connectivity index is 0.00000180. The molecule has 2 N–H and O–H groups in total. The zero-order valence-electron chi connectivity index (χ0n) is 12.2. The summed E-state index contributed by atoms with van der Waals surface area (Å²) in [6, 6.07) is 0. The lowest BCUT2D eigenvalue weighted by atomic mass is 9.83. The molecule has 0 spiro atoms. The van der Waals surface area contributed by atoms with Gasteiger partial charge in [-0.1, -0.05) is 0 Å². The molecule has 2 atom stereocenters. The first-order valence-electron chi connectivity index (χ1n) is 7.13. The van der Waals surface area contributed by atoms with E-state index in [1.807, 2.05) is 20.8 Å². The number of carbonyl (C=O) groups excluding carboxylic acids is 1. The first-order valence-corrected chi connectivity index (χ1v) is 7.13. The second kappa shape index (κ2) is 6.80. The minimum atomic E-state index is -0.409. The van der Waals surface area contributed by atoms with Gasteiger partial charge in [0.2, 0.25) is 0 Å².